The van der Waals surface area contributed by atoms with Gasteiger partial charge < -0.3 is 9.84 Å². The highest BCUT2D eigenvalue weighted by Crippen LogP contribution is 2.29. The van der Waals surface area contributed by atoms with Gasteiger partial charge in [0.25, 0.3) is 0 Å². The van der Waals surface area contributed by atoms with Crippen LogP contribution in [0.25, 0.3) is 0 Å². The van der Waals surface area contributed by atoms with Crippen molar-refractivity contribution < 1.29 is 32.6 Å². The van der Waals surface area contributed by atoms with Crippen LogP contribution in [0.2, 0.25) is 0 Å². The third-order valence-electron chi connectivity index (χ3n) is 2.47. The van der Waals surface area contributed by atoms with E-state index in [4.69, 9.17) is 5.11 Å². The molecule has 1 aliphatic rings. The molecule has 8 heteroatoms. The molecule has 1 aromatic rings. The molecule has 0 saturated carbocycles. The molecule has 2 rings (SSSR count). The number of carbonyl (C=O) groups excluding carboxylic acids is 1. The van der Waals surface area contributed by atoms with Crippen molar-refractivity contribution in [3.8, 4) is 0 Å². The standard InChI is InChI=1S/C10H6F3NO4/c11-5-1-4(2-6(12)8(5)13)7-3-18-10(17)14(7)9(15)16/h1-2,7H,3H2,(H,15,16). The second-order valence-corrected chi connectivity index (χ2v) is 3.54. The first-order valence-corrected chi connectivity index (χ1v) is 4.75. The lowest BCUT2D eigenvalue weighted by Crippen LogP contribution is -2.32. The summed E-state index contributed by atoms with van der Waals surface area (Å²) in [5.74, 6) is -4.59. The molecule has 0 aliphatic carbocycles. The van der Waals surface area contributed by atoms with E-state index >= 15 is 0 Å². The number of benzene rings is 1. The van der Waals surface area contributed by atoms with Gasteiger partial charge in [-0.25, -0.2) is 27.7 Å². The summed E-state index contributed by atoms with van der Waals surface area (Å²) < 4.78 is 43.2. The lowest BCUT2D eigenvalue weighted by Gasteiger charge is -2.16. The topological polar surface area (TPSA) is 66.8 Å². The maximum absolute atomic E-state index is 13.0. The zero-order chi connectivity index (χ0) is 13.4. The lowest BCUT2D eigenvalue weighted by molar-refractivity contribution is 0.135. The van der Waals surface area contributed by atoms with E-state index in [9.17, 15) is 22.8 Å². The maximum Gasteiger partial charge on any atom is 0.420 e. The number of halogens is 3. The summed E-state index contributed by atoms with van der Waals surface area (Å²) in [4.78, 5) is 22.2. The van der Waals surface area contributed by atoms with Crippen LogP contribution in [0.3, 0.4) is 0 Å². The van der Waals surface area contributed by atoms with Crippen LogP contribution >= 0.6 is 0 Å². The monoisotopic (exact) mass is 261 g/mol. The maximum atomic E-state index is 13.0. The summed E-state index contributed by atoms with van der Waals surface area (Å²) in [6, 6.07) is 0.0571. The molecule has 1 heterocycles. The van der Waals surface area contributed by atoms with Crippen LogP contribution in [-0.4, -0.2) is 28.8 Å². The molecule has 0 radical (unpaired) electrons. The summed E-state index contributed by atoms with van der Waals surface area (Å²) in [5, 5.41) is 8.77. The van der Waals surface area contributed by atoms with Crippen molar-refractivity contribution in [3.63, 3.8) is 0 Å². The summed E-state index contributed by atoms with van der Waals surface area (Å²) in [6.45, 7) is -0.379. The van der Waals surface area contributed by atoms with E-state index in [0.29, 0.717) is 12.1 Å². The molecule has 1 aromatic carbocycles. The lowest BCUT2D eigenvalue weighted by atomic mass is 10.1. The Labute approximate surface area is 98.4 Å². The number of cyclic esters (lactones) is 1. The van der Waals surface area contributed by atoms with E-state index < -0.39 is 35.7 Å². The molecular weight excluding hydrogens is 255 g/mol. The van der Waals surface area contributed by atoms with Crippen LogP contribution in [0.4, 0.5) is 22.8 Å². The highest BCUT2D eigenvalue weighted by molar-refractivity contribution is 5.88. The smallest absolute Gasteiger partial charge is 0.420 e. The first kappa shape index (κ1) is 12.2. The molecule has 1 unspecified atom stereocenters. The minimum atomic E-state index is -1.66. The molecule has 1 atom stereocenters. The van der Waals surface area contributed by atoms with Crippen LogP contribution < -0.4 is 0 Å². The summed E-state index contributed by atoms with van der Waals surface area (Å²) in [5.41, 5.74) is -0.195. The van der Waals surface area contributed by atoms with Crippen LogP contribution in [-0.2, 0) is 4.74 Å². The Hall–Kier alpha value is -2.25. The predicted molar refractivity (Wildman–Crippen MR) is 50.3 cm³/mol. The van der Waals surface area contributed by atoms with Gasteiger partial charge in [0.15, 0.2) is 17.5 Å². The van der Waals surface area contributed by atoms with Gasteiger partial charge >= 0.3 is 12.2 Å². The van der Waals surface area contributed by atoms with Gasteiger partial charge in [0.1, 0.15) is 12.6 Å². The van der Waals surface area contributed by atoms with E-state index in [1.807, 2.05) is 0 Å². The number of hydrogen-bond donors (Lipinski definition) is 1. The number of carbonyl (C=O) groups is 2. The van der Waals surface area contributed by atoms with Crippen LogP contribution in [0.5, 0.6) is 0 Å². The number of rotatable bonds is 1. The van der Waals surface area contributed by atoms with E-state index in [0.717, 1.165) is 0 Å². The Morgan fingerprint density at radius 3 is 2.39 bits per heavy atom. The van der Waals surface area contributed by atoms with Crippen molar-refractivity contribution in [2.24, 2.45) is 0 Å². The van der Waals surface area contributed by atoms with Crippen molar-refractivity contribution in [2.75, 3.05) is 6.61 Å². The molecule has 1 fully saturated rings. The second-order valence-electron chi connectivity index (χ2n) is 3.54. The second kappa shape index (κ2) is 4.21. The molecule has 5 nitrogen and oxygen atoms in total. The molecule has 0 aromatic heterocycles. The Kier molecular flexibility index (Phi) is 2.85. The third-order valence-corrected chi connectivity index (χ3v) is 2.47. The molecule has 0 bridgehead atoms. The van der Waals surface area contributed by atoms with E-state index in [2.05, 4.69) is 4.74 Å². The number of ether oxygens (including phenoxy) is 1. The van der Waals surface area contributed by atoms with Crippen LogP contribution in [0, 0.1) is 17.5 Å². The Morgan fingerprint density at radius 2 is 1.89 bits per heavy atom. The molecule has 2 amide bonds. The number of imide groups is 1. The van der Waals surface area contributed by atoms with Gasteiger partial charge in [0, 0.05) is 0 Å². The Morgan fingerprint density at radius 1 is 1.33 bits per heavy atom. The van der Waals surface area contributed by atoms with Gasteiger partial charge in [-0.2, -0.15) is 0 Å². The summed E-state index contributed by atoms with van der Waals surface area (Å²) in [6.07, 6.45) is -2.76. The van der Waals surface area contributed by atoms with Crippen LogP contribution in [0.1, 0.15) is 11.6 Å². The molecule has 1 saturated heterocycles. The minimum absolute atomic E-state index is 0.195. The summed E-state index contributed by atoms with van der Waals surface area (Å²) in [7, 11) is 0. The van der Waals surface area contributed by atoms with Gasteiger partial charge in [0.2, 0.25) is 0 Å². The van der Waals surface area contributed by atoms with Gasteiger partial charge in [-0.1, -0.05) is 0 Å². The van der Waals surface area contributed by atoms with E-state index in [1.165, 1.54) is 0 Å². The molecule has 1 N–H and O–H groups in total. The summed E-state index contributed by atoms with van der Waals surface area (Å²) >= 11 is 0. The predicted octanol–water partition coefficient (Wildman–Crippen LogP) is 2.28. The molecular formula is C10H6F3NO4. The third kappa shape index (κ3) is 1.85. The number of amides is 2. The minimum Gasteiger partial charge on any atom is -0.465 e. The van der Waals surface area contributed by atoms with Crippen molar-refractivity contribution >= 4 is 12.2 Å². The van der Waals surface area contributed by atoms with Crippen molar-refractivity contribution in [2.45, 2.75) is 6.04 Å². The molecule has 1 aliphatic heterocycles. The van der Waals surface area contributed by atoms with E-state index in [1.54, 1.807) is 0 Å². The number of hydrogen-bond acceptors (Lipinski definition) is 3. The fourth-order valence-electron chi connectivity index (χ4n) is 1.65. The molecule has 18 heavy (non-hydrogen) atoms. The highest BCUT2D eigenvalue weighted by Gasteiger charge is 2.39. The van der Waals surface area contributed by atoms with Gasteiger partial charge in [-0.15, -0.1) is 0 Å². The van der Waals surface area contributed by atoms with Crippen molar-refractivity contribution in [1.82, 2.24) is 4.90 Å². The zero-order valence-electron chi connectivity index (χ0n) is 8.69. The van der Waals surface area contributed by atoms with Gasteiger partial charge in [-0.05, 0) is 17.7 Å². The van der Waals surface area contributed by atoms with Crippen LogP contribution in [0.15, 0.2) is 12.1 Å². The van der Waals surface area contributed by atoms with Gasteiger partial charge in [0.05, 0.1) is 0 Å². The Bertz CT molecular complexity index is 511. The zero-order valence-corrected chi connectivity index (χ0v) is 8.69. The highest BCUT2D eigenvalue weighted by atomic mass is 19.2. The average molecular weight is 261 g/mol. The van der Waals surface area contributed by atoms with E-state index in [-0.39, 0.29) is 17.1 Å². The first-order chi connectivity index (χ1) is 8.41. The molecule has 0 spiro atoms. The number of nitrogens with zero attached hydrogens (tertiary/aromatic N) is 1. The van der Waals surface area contributed by atoms with Crippen molar-refractivity contribution in [3.05, 3.63) is 35.1 Å². The average Bonchev–Trinajstić information content (AvgIpc) is 2.67. The SMILES string of the molecule is O=C(O)N1C(=O)OCC1c1cc(F)c(F)c(F)c1. The quantitative estimate of drug-likeness (QED) is 0.787. The fraction of sp³-hybridized carbons (Fsp3) is 0.200. The first-order valence-electron chi connectivity index (χ1n) is 4.75. The molecule has 96 valence electrons. The van der Waals surface area contributed by atoms with Gasteiger partial charge in [-0.3, -0.25) is 0 Å². The number of carboxylic acid groups (broad SMARTS) is 1. The Balaban J connectivity index is 2.43. The normalized spacial score (nSPS) is 18.9. The largest absolute Gasteiger partial charge is 0.465 e. The van der Waals surface area contributed by atoms with Crippen molar-refractivity contribution in [1.29, 1.82) is 0 Å². The fourth-order valence-corrected chi connectivity index (χ4v) is 1.65.